The Kier molecular flexibility index (Phi) is 5.10. The lowest BCUT2D eigenvalue weighted by molar-refractivity contribution is -0.402. The molecule has 28 heavy (non-hydrogen) atoms. The summed E-state index contributed by atoms with van der Waals surface area (Å²) < 4.78 is 11.8. The molecule has 0 spiro atoms. The summed E-state index contributed by atoms with van der Waals surface area (Å²) in [7, 11) is 0. The first-order valence-corrected chi connectivity index (χ1v) is 9.94. The third-order valence-electron chi connectivity index (χ3n) is 4.74. The molecule has 146 valence electrons. The average molecular weight is 401 g/mol. The summed E-state index contributed by atoms with van der Waals surface area (Å²) in [6.07, 6.45) is 2.54. The molecule has 1 aliphatic heterocycles. The van der Waals surface area contributed by atoms with Crippen LogP contribution in [0.1, 0.15) is 35.9 Å². The number of para-hydroxylation sites is 1. The molecule has 9 heteroatoms. The third-order valence-corrected chi connectivity index (χ3v) is 5.78. The Morgan fingerprint density at radius 1 is 1.39 bits per heavy atom. The minimum Gasteiger partial charge on any atom is -0.395 e. The molecule has 1 unspecified atom stereocenters. The molecule has 1 aliphatic rings. The zero-order chi connectivity index (χ0) is 19.7. The molecule has 2 aromatic heterocycles. The number of furan rings is 1. The second kappa shape index (κ2) is 7.69. The number of hydrogen-bond acceptors (Lipinski definition) is 7. The lowest BCUT2D eigenvalue weighted by Crippen LogP contribution is -2.37. The van der Waals surface area contributed by atoms with Crippen LogP contribution in [0.2, 0.25) is 0 Å². The molecular weight excluding hydrogens is 382 g/mol. The van der Waals surface area contributed by atoms with E-state index in [1.807, 2.05) is 18.2 Å². The molecule has 1 atom stereocenters. The van der Waals surface area contributed by atoms with Gasteiger partial charge in [0.05, 0.1) is 28.9 Å². The van der Waals surface area contributed by atoms with Gasteiger partial charge in [-0.3, -0.25) is 19.8 Å². The largest absolute Gasteiger partial charge is 0.433 e. The number of rotatable bonds is 6. The molecule has 1 aromatic carbocycles. The number of benzene rings is 1. The fourth-order valence-corrected chi connectivity index (χ4v) is 4.33. The van der Waals surface area contributed by atoms with Crippen LogP contribution in [-0.2, 0) is 11.2 Å². The van der Waals surface area contributed by atoms with Gasteiger partial charge in [0, 0.05) is 6.61 Å². The summed E-state index contributed by atoms with van der Waals surface area (Å²) in [5.74, 6) is -1.00. The van der Waals surface area contributed by atoms with Gasteiger partial charge >= 0.3 is 5.88 Å². The van der Waals surface area contributed by atoms with Crippen LogP contribution in [0.3, 0.4) is 0 Å². The van der Waals surface area contributed by atoms with Crippen molar-refractivity contribution in [3.63, 3.8) is 0 Å². The quantitative estimate of drug-likeness (QED) is 0.454. The molecule has 3 heterocycles. The molecule has 0 radical (unpaired) electrons. The maximum Gasteiger partial charge on any atom is 0.433 e. The van der Waals surface area contributed by atoms with E-state index in [9.17, 15) is 14.9 Å². The lowest BCUT2D eigenvalue weighted by atomic mass is 10.1. The van der Waals surface area contributed by atoms with E-state index in [1.54, 1.807) is 0 Å². The van der Waals surface area contributed by atoms with Crippen LogP contribution in [-0.4, -0.2) is 35.1 Å². The van der Waals surface area contributed by atoms with Gasteiger partial charge < -0.3 is 9.15 Å². The fraction of sp³-hybridized carbons (Fsp3) is 0.368. The van der Waals surface area contributed by atoms with E-state index < -0.39 is 16.7 Å². The average Bonchev–Trinajstić information content (AvgIpc) is 3.45. The zero-order valence-corrected chi connectivity index (χ0v) is 16.1. The number of carbonyl (C=O) groups excluding carboxylic acids is 1. The first-order chi connectivity index (χ1) is 13.6. The topological polar surface area (TPSA) is 98.7 Å². The van der Waals surface area contributed by atoms with Crippen LogP contribution < -0.4 is 4.90 Å². The number of carbonyl (C=O) groups is 1. The molecule has 0 saturated carbocycles. The smallest absolute Gasteiger partial charge is 0.395 e. The predicted molar refractivity (Wildman–Crippen MR) is 105 cm³/mol. The Balaban J connectivity index is 1.72. The fourth-order valence-electron chi connectivity index (χ4n) is 3.31. The van der Waals surface area contributed by atoms with Crippen molar-refractivity contribution in [3.8, 4) is 0 Å². The van der Waals surface area contributed by atoms with E-state index in [1.165, 1.54) is 28.4 Å². The van der Waals surface area contributed by atoms with Crippen molar-refractivity contribution in [2.75, 3.05) is 18.1 Å². The molecule has 8 nitrogen and oxygen atoms in total. The maximum atomic E-state index is 13.1. The van der Waals surface area contributed by atoms with E-state index >= 15 is 0 Å². The summed E-state index contributed by atoms with van der Waals surface area (Å²) in [4.78, 5) is 29.6. The standard InChI is InChI=1S/C19H19N3O5S/c1-2-12-5-3-7-15-17(12)20-19(28-15)21(11-13-6-4-10-26-13)18(23)14-8-9-16(27-14)22(24)25/h3,5,7-9,13H,2,4,6,10-11H2,1H3. The van der Waals surface area contributed by atoms with Gasteiger partial charge in [0.15, 0.2) is 10.9 Å². The highest BCUT2D eigenvalue weighted by Crippen LogP contribution is 2.33. The number of fused-ring (bicyclic) bond motifs is 1. The molecule has 0 N–H and O–H groups in total. The van der Waals surface area contributed by atoms with Crippen LogP contribution in [0, 0.1) is 10.1 Å². The van der Waals surface area contributed by atoms with E-state index in [2.05, 4.69) is 6.92 Å². The Bertz CT molecular complexity index is 1020. The minimum atomic E-state index is -0.660. The number of hydrogen-bond donors (Lipinski definition) is 0. The zero-order valence-electron chi connectivity index (χ0n) is 15.3. The second-order valence-electron chi connectivity index (χ2n) is 6.56. The summed E-state index contributed by atoms with van der Waals surface area (Å²) in [5.41, 5.74) is 1.98. The summed E-state index contributed by atoms with van der Waals surface area (Å²) >= 11 is 1.42. The number of nitro groups is 1. The van der Waals surface area contributed by atoms with Gasteiger partial charge in [0.25, 0.3) is 5.91 Å². The SMILES string of the molecule is CCc1cccc2sc(N(CC3CCCO3)C(=O)c3ccc([N+](=O)[O-])o3)nc12. The van der Waals surface area contributed by atoms with Gasteiger partial charge in [0.2, 0.25) is 0 Å². The number of anilines is 1. The molecule has 3 aromatic rings. The van der Waals surface area contributed by atoms with Crippen LogP contribution in [0.4, 0.5) is 11.0 Å². The van der Waals surface area contributed by atoms with Crippen molar-refractivity contribution in [2.24, 2.45) is 0 Å². The number of ether oxygens (including phenoxy) is 1. The van der Waals surface area contributed by atoms with Crippen molar-refractivity contribution >= 4 is 38.5 Å². The molecule has 1 saturated heterocycles. The Hall–Kier alpha value is -2.78. The van der Waals surface area contributed by atoms with Crippen molar-refractivity contribution in [1.29, 1.82) is 0 Å². The van der Waals surface area contributed by atoms with Gasteiger partial charge in [-0.25, -0.2) is 4.98 Å². The van der Waals surface area contributed by atoms with Gasteiger partial charge in [-0.05, 0) is 37.0 Å². The summed E-state index contributed by atoms with van der Waals surface area (Å²) in [5, 5.41) is 11.4. The van der Waals surface area contributed by atoms with Gasteiger partial charge in [-0.2, -0.15) is 0 Å². The highest BCUT2D eigenvalue weighted by molar-refractivity contribution is 7.22. The van der Waals surface area contributed by atoms with Crippen molar-refractivity contribution in [3.05, 3.63) is 51.8 Å². The van der Waals surface area contributed by atoms with Crippen LogP contribution in [0.15, 0.2) is 34.7 Å². The van der Waals surface area contributed by atoms with Gasteiger partial charge in [-0.1, -0.05) is 30.4 Å². The minimum absolute atomic E-state index is 0.0836. The van der Waals surface area contributed by atoms with E-state index in [-0.39, 0.29) is 11.9 Å². The normalized spacial score (nSPS) is 16.5. The summed E-state index contributed by atoms with van der Waals surface area (Å²) in [6.45, 7) is 3.05. The number of aromatic nitrogens is 1. The number of amides is 1. The predicted octanol–water partition coefficient (Wildman–Crippen LogP) is 4.19. The highest BCUT2D eigenvalue weighted by atomic mass is 32.1. The highest BCUT2D eigenvalue weighted by Gasteiger charge is 2.30. The van der Waals surface area contributed by atoms with Crippen molar-refractivity contribution < 1.29 is 18.9 Å². The van der Waals surface area contributed by atoms with Crippen molar-refractivity contribution in [1.82, 2.24) is 4.98 Å². The lowest BCUT2D eigenvalue weighted by Gasteiger charge is -2.21. The van der Waals surface area contributed by atoms with Gasteiger partial charge in [-0.15, -0.1) is 0 Å². The number of aryl methyl sites for hydroxylation is 1. The Morgan fingerprint density at radius 2 is 2.25 bits per heavy atom. The molecule has 0 bridgehead atoms. The van der Waals surface area contributed by atoms with E-state index in [4.69, 9.17) is 14.1 Å². The molecular formula is C19H19N3O5S. The Labute approximate surface area is 164 Å². The molecule has 1 fully saturated rings. The molecule has 4 rings (SSSR count). The first kappa shape index (κ1) is 18.6. The maximum absolute atomic E-state index is 13.1. The van der Waals surface area contributed by atoms with E-state index in [0.29, 0.717) is 18.3 Å². The van der Waals surface area contributed by atoms with Crippen LogP contribution >= 0.6 is 11.3 Å². The van der Waals surface area contributed by atoms with Crippen LogP contribution in [0.25, 0.3) is 10.2 Å². The Morgan fingerprint density at radius 3 is 2.93 bits per heavy atom. The van der Waals surface area contributed by atoms with Gasteiger partial charge in [0.1, 0.15) is 4.92 Å². The first-order valence-electron chi connectivity index (χ1n) is 9.13. The van der Waals surface area contributed by atoms with E-state index in [0.717, 1.165) is 35.0 Å². The number of thiazole rings is 1. The molecule has 1 amide bonds. The summed E-state index contributed by atoms with van der Waals surface area (Å²) in [6, 6.07) is 8.49. The monoisotopic (exact) mass is 401 g/mol. The van der Waals surface area contributed by atoms with Crippen molar-refractivity contribution in [2.45, 2.75) is 32.3 Å². The number of nitrogens with zero attached hydrogens (tertiary/aromatic N) is 3. The van der Waals surface area contributed by atoms with Crippen LogP contribution in [0.5, 0.6) is 0 Å². The second-order valence-corrected chi connectivity index (χ2v) is 7.57. The third kappa shape index (κ3) is 3.50. The molecule has 0 aliphatic carbocycles.